The monoisotopic (exact) mass is 314 g/mol. The van der Waals surface area contributed by atoms with Crippen molar-refractivity contribution in [2.45, 2.75) is 38.6 Å². The largest absolute Gasteiger partial charge is 0.495 e. The summed E-state index contributed by atoms with van der Waals surface area (Å²) in [6, 6.07) is 3.16. The molecule has 118 valence electrons. The van der Waals surface area contributed by atoms with Crippen LogP contribution in [-0.4, -0.2) is 34.0 Å². The fourth-order valence-corrected chi connectivity index (χ4v) is 2.96. The van der Waals surface area contributed by atoms with Crippen LogP contribution in [0.4, 0.5) is 0 Å². The Labute approximate surface area is 125 Å². The van der Waals surface area contributed by atoms with Crippen LogP contribution in [0.25, 0.3) is 0 Å². The zero-order valence-corrected chi connectivity index (χ0v) is 13.8. The first-order chi connectivity index (χ1) is 9.67. The zero-order valence-electron chi connectivity index (χ0n) is 13.0. The van der Waals surface area contributed by atoms with Crippen molar-refractivity contribution in [1.82, 2.24) is 10.0 Å². The van der Waals surface area contributed by atoms with E-state index in [0.29, 0.717) is 0 Å². The third kappa shape index (κ3) is 4.71. The molecule has 0 saturated heterocycles. The quantitative estimate of drug-likeness (QED) is 0.824. The number of ether oxygens (including phenoxy) is 1. The van der Waals surface area contributed by atoms with Crippen molar-refractivity contribution in [3.63, 3.8) is 0 Å². The SMILES string of the molecule is COc1cc(C)c(C)cc1S(=O)(=O)NCC(=O)NC(C)C. The van der Waals surface area contributed by atoms with Crippen molar-refractivity contribution in [3.8, 4) is 5.75 Å². The Morgan fingerprint density at radius 3 is 2.33 bits per heavy atom. The minimum absolute atomic E-state index is 0.0328. The van der Waals surface area contributed by atoms with E-state index in [9.17, 15) is 13.2 Å². The molecule has 0 aliphatic carbocycles. The number of nitrogens with one attached hydrogen (secondary N) is 2. The molecule has 0 aromatic heterocycles. The lowest BCUT2D eigenvalue weighted by molar-refractivity contribution is -0.120. The number of benzene rings is 1. The summed E-state index contributed by atoms with van der Waals surface area (Å²) in [5, 5.41) is 2.62. The minimum atomic E-state index is -3.81. The molecule has 7 heteroatoms. The van der Waals surface area contributed by atoms with E-state index in [2.05, 4.69) is 10.0 Å². The fraction of sp³-hybridized carbons (Fsp3) is 0.500. The first kappa shape index (κ1) is 17.5. The van der Waals surface area contributed by atoms with Gasteiger partial charge in [-0.2, -0.15) is 0 Å². The van der Waals surface area contributed by atoms with Gasteiger partial charge in [0.1, 0.15) is 10.6 Å². The van der Waals surface area contributed by atoms with Crippen LogP contribution < -0.4 is 14.8 Å². The highest BCUT2D eigenvalue weighted by Crippen LogP contribution is 2.26. The van der Waals surface area contributed by atoms with E-state index in [0.717, 1.165) is 11.1 Å². The number of carbonyl (C=O) groups is 1. The summed E-state index contributed by atoms with van der Waals surface area (Å²) < 4.78 is 32.0. The third-order valence-corrected chi connectivity index (χ3v) is 4.36. The second-order valence-corrected chi connectivity index (χ2v) is 6.87. The predicted octanol–water partition coefficient (Wildman–Crippen LogP) is 1.11. The van der Waals surface area contributed by atoms with E-state index in [-0.39, 0.29) is 29.1 Å². The van der Waals surface area contributed by atoms with Gasteiger partial charge in [0.2, 0.25) is 15.9 Å². The highest BCUT2D eigenvalue weighted by molar-refractivity contribution is 7.89. The lowest BCUT2D eigenvalue weighted by Gasteiger charge is -2.14. The van der Waals surface area contributed by atoms with Gasteiger partial charge < -0.3 is 10.1 Å². The molecule has 0 atom stereocenters. The Balaban J connectivity index is 2.98. The topological polar surface area (TPSA) is 84.5 Å². The van der Waals surface area contributed by atoms with Crippen LogP contribution in [0.3, 0.4) is 0 Å². The highest BCUT2D eigenvalue weighted by atomic mass is 32.2. The number of rotatable bonds is 6. The Kier molecular flexibility index (Phi) is 5.74. The van der Waals surface area contributed by atoms with Gasteiger partial charge in [-0.1, -0.05) is 0 Å². The van der Waals surface area contributed by atoms with Crippen molar-refractivity contribution >= 4 is 15.9 Å². The molecule has 0 aliphatic heterocycles. The summed E-state index contributed by atoms with van der Waals surface area (Å²) in [7, 11) is -2.40. The summed E-state index contributed by atoms with van der Waals surface area (Å²) in [5.41, 5.74) is 1.77. The summed E-state index contributed by atoms with van der Waals surface area (Å²) in [6.07, 6.45) is 0. The van der Waals surface area contributed by atoms with Crippen molar-refractivity contribution in [2.75, 3.05) is 13.7 Å². The zero-order chi connectivity index (χ0) is 16.2. The number of aryl methyl sites for hydroxylation is 2. The molecule has 0 radical (unpaired) electrons. The average Bonchev–Trinajstić information content (AvgIpc) is 2.38. The standard InChI is InChI=1S/C14H22N2O4S/c1-9(2)16-14(17)8-15-21(18,19)13-7-11(4)10(3)6-12(13)20-5/h6-7,9,15H,8H2,1-5H3,(H,16,17). The lowest BCUT2D eigenvalue weighted by Crippen LogP contribution is -2.39. The van der Waals surface area contributed by atoms with E-state index < -0.39 is 10.0 Å². The molecule has 0 aliphatic rings. The average molecular weight is 314 g/mol. The molecule has 0 spiro atoms. The van der Waals surface area contributed by atoms with Crippen molar-refractivity contribution in [1.29, 1.82) is 0 Å². The maximum Gasteiger partial charge on any atom is 0.244 e. The second-order valence-electron chi connectivity index (χ2n) is 5.13. The van der Waals surface area contributed by atoms with Gasteiger partial charge in [-0.05, 0) is 51.0 Å². The lowest BCUT2D eigenvalue weighted by atomic mass is 10.1. The van der Waals surface area contributed by atoms with Gasteiger partial charge in [-0.3, -0.25) is 4.79 Å². The van der Waals surface area contributed by atoms with Gasteiger partial charge >= 0.3 is 0 Å². The molecule has 0 bridgehead atoms. The van der Waals surface area contributed by atoms with Gasteiger partial charge in [0.05, 0.1) is 13.7 Å². The maximum atomic E-state index is 12.3. The molecule has 1 amide bonds. The molecule has 6 nitrogen and oxygen atoms in total. The minimum Gasteiger partial charge on any atom is -0.495 e. The van der Waals surface area contributed by atoms with E-state index in [4.69, 9.17) is 4.74 Å². The Bertz CT molecular complexity index is 624. The molecular weight excluding hydrogens is 292 g/mol. The van der Waals surface area contributed by atoms with Gasteiger partial charge in [0.25, 0.3) is 0 Å². The predicted molar refractivity (Wildman–Crippen MR) is 80.9 cm³/mol. The van der Waals surface area contributed by atoms with Crippen LogP contribution >= 0.6 is 0 Å². The van der Waals surface area contributed by atoms with E-state index in [1.54, 1.807) is 19.9 Å². The van der Waals surface area contributed by atoms with Crippen LogP contribution in [-0.2, 0) is 14.8 Å². The molecule has 1 rings (SSSR count). The van der Waals surface area contributed by atoms with Crippen LogP contribution in [0, 0.1) is 13.8 Å². The smallest absolute Gasteiger partial charge is 0.244 e. The maximum absolute atomic E-state index is 12.3. The summed E-state index contributed by atoms with van der Waals surface area (Å²) >= 11 is 0. The Morgan fingerprint density at radius 1 is 1.24 bits per heavy atom. The molecule has 2 N–H and O–H groups in total. The van der Waals surface area contributed by atoms with Crippen LogP contribution in [0.2, 0.25) is 0 Å². The second kappa shape index (κ2) is 6.91. The summed E-state index contributed by atoms with van der Waals surface area (Å²) in [4.78, 5) is 11.6. The van der Waals surface area contributed by atoms with Crippen LogP contribution in [0.15, 0.2) is 17.0 Å². The van der Waals surface area contributed by atoms with Crippen molar-refractivity contribution in [3.05, 3.63) is 23.3 Å². The molecular formula is C14H22N2O4S. The van der Waals surface area contributed by atoms with Crippen molar-refractivity contribution in [2.24, 2.45) is 0 Å². The number of hydrogen-bond donors (Lipinski definition) is 2. The first-order valence-electron chi connectivity index (χ1n) is 6.61. The summed E-state index contributed by atoms with van der Waals surface area (Å²) in [5.74, 6) is -0.119. The molecule has 0 fully saturated rings. The van der Waals surface area contributed by atoms with Gasteiger partial charge in [0, 0.05) is 6.04 Å². The number of sulfonamides is 1. The number of amides is 1. The van der Waals surface area contributed by atoms with Gasteiger partial charge in [-0.15, -0.1) is 0 Å². The fourth-order valence-electron chi connectivity index (χ4n) is 1.74. The highest BCUT2D eigenvalue weighted by Gasteiger charge is 2.21. The van der Waals surface area contributed by atoms with Crippen molar-refractivity contribution < 1.29 is 17.9 Å². The number of methoxy groups -OCH3 is 1. The Morgan fingerprint density at radius 2 is 1.81 bits per heavy atom. The Hall–Kier alpha value is -1.60. The first-order valence-corrected chi connectivity index (χ1v) is 8.10. The third-order valence-electron chi connectivity index (χ3n) is 2.94. The normalized spacial score (nSPS) is 11.5. The van der Waals surface area contributed by atoms with Crippen LogP contribution in [0.5, 0.6) is 5.75 Å². The molecule has 21 heavy (non-hydrogen) atoms. The molecule has 1 aromatic carbocycles. The molecule has 1 aromatic rings. The molecule has 0 heterocycles. The van der Waals surface area contributed by atoms with Gasteiger partial charge in [-0.25, -0.2) is 13.1 Å². The van der Waals surface area contributed by atoms with Gasteiger partial charge in [0.15, 0.2) is 0 Å². The van der Waals surface area contributed by atoms with E-state index in [1.807, 2.05) is 13.8 Å². The van der Waals surface area contributed by atoms with Crippen LogP contribution in [0.1, 0.15) is 25.0 Å². The summed E-state index contributed by atoms with van der Waals surface area (Å²) in [6.45, 7) is 6.99. The molecule has 0 unspecified atom stereocenters. The molecule has 0 saturated carbocycles. The number of carbonyl (C=O) groups excluding carboxylic acids is 1. The van der Waals surface area contributed by atoms with E-state index >= 15 is 0 Å². The number of hydrogen-bond acceptors (Lipinski definition) is 4. The van der Waals surface area contributed by atoms with E-state index in [1.165, 1.54) is 13.2 Å².